The Bertz CT molecular complexity index is 660. The molecule has 4 heteroatoms. The summed E-state index contributed by atoms with van der Waals surface area (Å²) in [5, 5.41) is 3.69. The highest BCUT2D eigenvalue weighted by Gasteiger charge is 2.21. The fraction of sp³-hybridized carbons (Fsp3) is 0.429. The molecule has 1 N–H and O–H groups in total. The van der Waals surface area contributed by atoms with E-state index in [1.807, 2.05) is 12.1 Å². The lowest BCUT2D eigenvalue weighted by Crippen LogP contribution is -2.30. The number of nitrogens with zero attached hydrogens (tertiary/aromatic N) is 1. The van der Waals surface area contributed by atoms with E-state index in [1.165, 1.54) is 11.1 Å². The number of benzene rings is 2. The van der Waals surface area contributed by atoms with Crippen LogP contribution < -0.4 is 14.8 Å². The van der Waals surface area contributed by atoms with Crippen LogP contribution in [0.2, 0.25) is 0 Å². The topological polar surface area (TPSA) is 33.7 Å². The van der Waals surface area contributed by atoms with Gasteiger partial charge >= 0.3 is 0 Å². The third-order valence-electron chi connectivity index (χ3n) is 4.66. The highest BCUT2D eigenvalue weighted by Crippen LogP contribution is 2.34. The van der Waals surface area contributed by atoms with Gasteiger partial charge in [0.15, 0.2) is 0 Å². The van der Waals surface area contributed by atoms with E-state index < -0.39 is 0 Å². The summed E-state index contributed by atoms with van der Waals surface area (Å²) < 4.78 is 11.1. The second-order valence-corrected chi connectivity index (χ2v) is 6.62. The van der Waals surface area contributed by atoms with Gasteiger partial charge in [0.1, 0.15) is 11.5 Å². The van der Waals surface area contributed by atoms with E-state index in [0.29, 0.717) is 6.04 Å². The Hall–Kier alpha value is -2.04. The number of hydrogen-bond acceptors (Lipinski definition) is 4. The van der Waals surface area contributed by atoms with Crippen LogP contribution in [0.15, 0.2) is 48.5 Å². The summed E-state index contributed by atoms with van der Waals surface area (Å²) in [7, 11) is 3.89. The number of ether oxygens (including phenoxy) is 2. The molecule has 1 atom stereocenters. The summed E-state index contributed by atoms with van der Waals surface area (Å²) in [5.74, 6) is 1.87. The molecule has 1 aliphatic rings. The maximum absolute atomic E-state index is 5.76. The molecule has 4 nitrogen and oxygen atoms in total. The third-order valence-corrected chi connectivity index (χ3v) is 4.66. The molecule has 0 aliphatic carbocycles. The van der Waals surface area contributed by atoms with Crippen LogP contribution in [0.3, 0.4) is 0 Å². The highest BCUT2D eigenvalue weighted by atomic mass is 16.5. The molecule has 0 fully saturated rings. The van der Waals surface area contributed by atoms with Crippen molar-refractivity contribution in [2.75, 3.05) is 33.9 Å². The van der Waals surface area contributed by atoms with Gasteiger partial charge < -0.3 is 19.7 Å². The van der Waals surface area contributed by atoms with Crippen LogP contribution in [-0.2, 0) is 6.54 Å². The van der Waals surface area contributed by atoms with Crippen LogP contribution in [0.1, 0.15) is 30.0 Å². The van der Waals surface area contributed by atoms with Crippen molar-refractivity contribution in [1.82, 2.24) is 10.2 Å². The van der Waals surface area contributed by atoms with Gasteiger partial charge in [0.2, 0.25) is 0 Å². The van der Waals surface area contributed by atoms with Crippen molar-refractivity contribution in [2.24, 2.45) is 0 Å². The molecule has 1 aliphatic heterocycles. The van der Waals surface area contributed by atoms with Crippen LogP contribution in [-0.4, -0.2) is 38.8 Å². The second kappa shape index (κ2) is 8.88. The predicted molar refractivity (Wildman–Crippen MR) is 101 cm³/mol. The lowest BCUT2D eigenvalue weighted by atomic mass is 10.00. The average Bonchev–Trinajstić information content (AvgIpc) is 2.65. The molecular formula is C21H28N2O2. The Balaban J connectivity index is 1.45. The molecule has 25 heavy (non-hydrogen) atoms. The summed E-state index contributed by atoms with van der Waals surface area (Å²) in [6, 6.07) is 17.0. The van der Waals surface area contributed by atoms with Crippen molar-refractivity contribution < 1.29 is 9.47 Å². The first kappa shape index (κ1) is 17.8. The molecule has 1 unspecified atom stereocenters. The SMILES string of the molecule is COc1ccc2c(c1)C(NCCCN(C)Cc1ccccc1)CCO2. The van der Waals surface area contributed by atoms with Crippen LogP contribution in [0.4, 0.5) is 0 Å². The monoisotopic (exact) mass is 340 g/mol. The van der Waals surface area contributed by atoms with Crippen LogP contribution >= 0.6 is 0 Å². The first-order chi connectivity index (χ1) is 12.3. The fourth-order valence-corrected chi connectivity index (χ4v) is 3.31. The Morgan fingerprint density at radius 1 is 1.20 bits per heavy atom. The molecule has 1 heterocycles. The zero-order valence-electron chi connectivity index (χ0n) is 15.2. The third kappa shape index (κ3) is 4.97. The largest absolute Gasteiger partial charge is 0.497 e. The molecule has 134 valence electrons. The Morgan fingerprint density at radius 2 is 2.04 bits per heavy atom. The van der Waals surface area contributed by atoms with E-state index in [1.54, 1.807) is 7.11 Å². The fourth-order valence-electron chi connectivity index (χ4n) is 3.31. The minimum absolute atomic E-state index is 0.346. The number of fused-ring (bicyclic) bond motifs is 1. The molecule has 3 rings (SSSR count). The van der Waals surface area contributed by atoms with Gasteiger partial charge in [-0.2, -0.15) is 0 Å². The van der Waals surface area contributed by atoms with Gasteiger partial charge in [0.05, 0.1) is 13.7 Å². The molecule has 0 bridgehead atoms. The van der Waals surface area contributed by atoms with E-state index in [-0.39, 0.29) is 0 Å². The van der Waals surface area contributed by atoms with E-state index in [4.69, 9.17) is 9.47 Å². The van der Waals surface area contributed by atoms with Crippen molar-refractivity contribution in [3.05, 3.63) is 59.7 Å². The summed E-state index contributed by atoms with van der Waals surface area (Å²) in [5.41, 5.74) is 2.58. The van der Waals surface area contributed by atoms with E-state index >= 15 is 0 Å². The zero-order valence-corrected chi connectivity index (χ0v) is 15.2. The normalized spacial score (nSPS) is 16.4. The molecular weight excluding hydrogens is 312 g/mol. The van der Waals surface area contributed by atoms with Crippen LogP contribution in [0.5, 0.6) is 11.5 Å². The first-order valence-corrected chi connectivity index (χ1v) is 9.03. The molecule has 0 spiro atoms. The number of rotatable bonds is 8. The first-order valence-electron chi connectivity index (χ1n) is 9.03. The van der Waals surface area contributed by atoms with Gasteiger partial charge in [-0.1, -0.05) is 30.3 Å². The minimum atomic E-state index is 0.346. The van der Waals surface area contributed by atoms with Gasteiger partial charge in [-0.3, -0.25) is 0 Å². The Kier molecular flexibility index (Phi) is 6.31. The molecule has 2 aromatic carbocycles. The van der Waals surface area contributed by atoms with Gasteiger partial charge in [-0.15, -0.1) is 0 Å². The van der Waals surface area contributed by atoms with Gasteiger partial charge in [0.25, 0.3) is 0 Å². The molecule has 0 aromatic heterocycles. The predicted octanol–water partition coefficient (Wildman–Crippen LogP) is 3.63. The van der Waals surface area contributed by atoms with Crippen molar-refractivity contribution in [2.45, 2.75) is 25.4 Å². The van der Waals surface area contributed by atoms with Gasteiger partial charge in [-0.05, 0) is 50.3 Å². The summed E-state index contributed by atoms with van der Waals surface area (Å²) in [4.78, 5) is 2.37. The lowest BCUT2D eigenvalue weighted by Gasteiger charge is -2.27. The highest BCUT2D eigenvalue weighted by molar-refractivity contribution is 5.43. The van der Waals surface area contributed by atoms with Crippen molar-refractivity contribution in [3.63, 3.8) is 0 Å². The van der Waals surface area contributed by atoms with Crippen molar-refractivity contribution in [3.8, 4) is 11.5 Å². The molecule has 0 radical (unpaired) electrons. The molecule has 0 saturated heterocycles. The number of hydrogen-bond donors (Lipinski definition) is 1. The smallest absolute Gasteiger partial charge is 0.124 e. The lowest BCUT2D eigenvalue weighted by molar-refractivity contribution is 0.248. The summed E-state index contributed by atoms with van der Waals surface area (Å²) >= 11 is 0. The number of nitrogens with one attached hydrogen (secondary N) is 1. The second-order valence-electron chi connectivity index (χ2n) is 6.62. The maximum atomic E-state index is 5.76. The molecule has 0 saturated carbocycles. The standard InChI is InChI=1S/C21H28N2O2/c1-23(16-17-7-4-3-5-8-17)13-6-12-22-20-11-14-25-21-10-9-18(24-2)15-19(20)21/h3-5,7-10,15,20,22H,6,11-14,16H2,1-2H3. The Morgan fingerprint density at radius 3 is 2.84 bits per heavy atom. The van der Waals surface area contributed by atoms with E-state index in [2.05, 4.69) is 53.7 Å². The van der Waals surface area contributed by atoms with Crippen LogP contribution in [0.25, 0.3) is 0 Å². The zero-order chi connectivity index (χ0) is 17.5. The van der Waals surface area contributed by atoms with E-state index in [0.717, 1.165) is 50.6 Å². The van der Waals surface area contributed by atoms with Gasteiger partial charge in [0, 0.05) is 24.6 Å². The number of methoxy groups -OCH3 is 1. The average molecular weight is 340 g/mol. The molecule has 2 aromatic rings. The quantitative estimate of drug-likeness (QED) is 0.744. The maximum Gasteiger partial charge on any atom is 0.124 e. The van der Waals surface area contributed by atoms with Crippen molar-refractivity contribution in [1.29, 1.82) is 0 Å². The van der Waals surface area contributed by atoms with Gasteiger partial charge in [-0.25, -0.2) is 0 Å². The summed E-state index contributed by atoms with van der Waals surface area (Å²) in [6.45, 7) is 3.85. The van der Waals surface area contributed by atoms with Crippen molar-refractivity contribution >= 4 is 0 Å². The minimum Gasteiger partial charge on any atom is -0.497 e. The summed E-state index contributed by atoms with van der Waals surface area (Å²) in [6.07, 6.45) is 2.13. The van der Waals surface area contributed by atoms with Crippen LogP contribution in [0, 0.1) is 0 Å². The Labute approximate surface area is 150 Å². The molecule has 0 amide bonds. The van der Waals surface area contributed by atoms with E-state index in [9.17, 15) is 0 Å².